The van der Waals surface area contributed by atoms with Crippen molar-refractivity contribution >= 4 is 27.4 Å². The number of thiophene rings is 1. The molecule has 0 radical (unpaired) electrons. The van der Waals surface area contributed by atoms with Crippen LogP contribution in [-0.2, 0) is 0 Å². The van der Waals surface area contributed by atoms with Crippen LogP contribution >= 0.6 is 11.3 Å². The van der Waals surface area contributed by atoms with E-state index >= 15 is 0 Å². The minimum absolute atomic E-state index is 0.0717. The number of aromatic nitrogens is 1. The second kappa shape index (κ2) is 4.94. The van der Waals surface area contributed by atoms with Crippen LogP contribution in [0.15, 0.2) is 42.6 Å². The van der Waals surface area contributed by atoms with Gasteiger partial charge in [0.05, 0.1) is 7.11 Å². The van der Waals surface area contributed by atoms with Gasteiger partial charge in [-0.25, -0.2) is 9.78 Å². The summed E-state index contributed by atoms with van der Waals surface area (Å²) in [5.41, 5.74) is 0.854. The second-order valence-electron chi connectivity index (χ2n) is 4.23. The lowest BCUT2D eigenvalue weighted by molar-refractivity contribution is 0.0692. The number of pyridine rings is 1. The number of hydrogen-bond donors (Lipinski definition) is 1. The van der Waals surface area contributed by atoms with Crippen molar-refractivity contribution in [3.8, 4) is 16.3 Å². The molecule has 0 amide bonds. The van der Waals surface area contributed by atoms with Crippen LogP contribution in [-0.4, -0.2) is 23.2 Å². The summed E-state index contributed by atoms with van der Waals surface area (Å²) < 4.78 is 6.13. The summed E-state index contributed by atoms with van der Waals surface area (Å²) in [5, 5.41) is 10.3. The van der Waals surface area contributed by atoms with Gasteiger partial charge in [-0.3, -0.25) is 0 Å². The van der Waals surface area contributed by atoms with Crippen molar-refractivity contribution in [2.75, 3.05) is 7.11 Å². The van der Waals surface area contributed by atoms with Crippen molar-refractivity contribution in [1.82, 2.24) is 4.98 Å². The highest BCUT2D eigenvalue weighted by atomic mass is 32.1. The van der Waals surface area contributed by atoms with E-state index in [9.17, 15) is 9.90 Å². The van der Waals surface area contributed by atoms with Crippen molar-refractivity contribution in [2.45, 2.75) is 0 Å². The number of hydrogen-bond acceptors (Lipinski definition) is 4. The number of aromatic carboxylic acids is 1. The van der Waals surface area contributed by atoms with E-state index in [1.54, 1.807) is 23.6 Å². The maximum Gasteiger partial charge on any atom is 0.341 e. The molecule has 0 fully saturated rings. The number of benzene rings is 1. The number of carboxylic acid groups (broad SMARTS) is 1. The number of methoxy groups -OCH3 is 1. The number of carbonyl (C=O) groups is 1. The lowest BCUT2D eigenvalue weighted by Crippen LogP contribution is -2.02. The Morgan fingerprint density at radius 1 is 1.30 bits per heavy atom. The highest BCUT2D eigenvalue weighted by Crippen LogP contribution is 2.34. The van der Waals surface area contributed by atoms with Crippen LogP contribution in [0.25, 0.3) is 20.5 Å². The van der Waals surface area contributed by atoms with Crippen molar-refractivity contribution in [1.29, 1.82) is 0 Å². The molecule has 0 atom stereocenters. The Balaban J connectivity index is 2.14. The molecule has 2 aromatic heterocycles. The lowest BCUT2D eigenvalue weighted by Gasteiger charge is -2.05. The molecule has 3 aromatic rings. The topological polar surface area (TPSA) is 59.4 Å². The summed E-state index contributed by atoms with van der Waals surface area (Å²) >= 11 is 1.61. The van der Waals surface area contributed by atoms with Gasteiger partial charge in [-0.1, -0.05) is 18.2 Å². The Hall–Kier alpha value is -2.40. The van der Waals surface area contributed by atoms with E-state index in [-0.39, 0.29) is 11.4 Å². The molecule has 3 rings (SSSR count). The molecule has 0 bridgehead atoms. The highest BCUT2D eigenvalue weighted by Gasteiger charge is 2.14. The molecule has 0 saturated carbocycles. The Kier molecular flexibility index (Phi) is 3.12. The van der Waals surface area contributed by atoms with Crippen molar-refractivity contribution in [3.05, 3.63) is 48.2 Å². The van der Waals surface area contributed by atoms with Gasteiger partial charge in [-0.15, -0.1) is 11.3 Å². The first-order valence-electron chi connectivity index (χ1n) is 5.95. The quantitative estimate of drug-likeness (QED) is 0.797. The van der Waals surface area contributed by atoms with Gasteiger partial charge < -0.3 is 9.84 Å². The third-order valence-electron chi connectivity index (χ3n) is 2.98. The molecule has 0 spiro atoms. The minimum atomic E-state index is -1.04. The van der Waals surface area contributed by atoms with Crippen molar-refractivity contribution in [2.24, 2.45) is 0 Å². The van der Waals surface area contributed by atoms with Crippen molar-refractivity contribution < 1.29 is 14.6 Å². The Bertz CT molecular complexity index is 762. The summed E-state index contributed by atoms with van der Waals surface area (Å²) in [4.78, 5) is 16.3. The summed E-state index contributed by atoms with van der Waals surface area (Å²) in [7, 11) is 1.41. The van der Waals surface area contributed by atoms with Crippen LogP contribution in [0.3, 0.4) is 0 Å². The number of fused-ring (bicyclic) bond motifs is 1. The molecule has 1 N–H and O–H groups in total. The van der Waals surface area contributed by atoms with Crippen LogP contribution in [0, 0.1) is 0 Å². The second-order valence-corrected chi connectivity index (χ2v) is 5.32. The van der Waals surface area contributed by atoms with E-state index in [0.29, 0.717) is 0 Å². The molecule has 2 heterocycles. The highest BCUT2D eigenvalue weighted by molar-refractivity contribution is 7.22. The third kappa shape index (κ3) is 2.12. The molecule has 100 valence electrons. The fraction of sp³-hybridized carbons (Fsp3) is 0.0667. The zero-order valence-corrected chi connectivity index (χ0v) is 11.5. The molecule has 1 aromatic carbocycles. The van der Waals surface area contributed by atoms with E-state index in [1.165, 1.54) is 7.11 Å². The first-order valence-corrected chi connectivity index (χ1v) is 6.77. The van der Waals surface area contributed by atoms with E-state index in [1.807, 2.05) is 30.3 Å². The van der Waals surface area contributed by atoms with Crippen LogP contribution in [0.5, 0.6) is 5.88 Å². The molecule has 5 heteroatoms. The minimum Gasteiger partial charge on any atom is -0.480 e. The largest absolute Gasteiger partial charge is 0.480 e. The summed E-state index contributed by atoms with van der Waals surface area (Å²) in [6.07, 6.45) is 1.63. The molecule has 0 saturated heterocycles. The van der Waals surface area contributed by atoms with Gasteiger partial charge in [0.1, 0.15) is 5.56 Å². The maximum atomic E-state index is 11.2. The predicted octanol–water partition coefficient (Wildman–Crippen LogP) is 3.67. The first-order chi connectivity index (χ1) is 9.69. The molecule has 0 aliphatic heterocycles. The van der Waals surface area contributed by atoms with Gasteiger partial charge >= 0.3 is 5.97 Å². The lowest BCUT2D eigenvalue weighted by atomic mass is 10.1. The van der Waals surface area contributed by atoms with Crippen molar-refractivity contribution in [3.63, 3.8) is 0 Å². The summed E-state index contributed by atoms with van der Waals surface area (Å²) in [6.45, 7) is 0. The van der Waals surface area contributed by atoms with E-state index in [4.69, 9.17) is 4.74 Å². The number of rotatable bonds is 3. The average Bonchev–Trinajstić information content (AvgIpc) is 2.90. The zero-order valence-electron chi connectivity index (χ0n) is 10.7. The van der Waals surface area contributed by atoms with Gasteiger partial charge in [0.2, 0.25) is 5.88 Å². The van der Waals surface area contributed by atoms with Gasteiger partial charge in [-0.2, -0.15) is 0 Å². The zero-order chi connectivity index (χ0) is 14.1. The standard InChI is InChI=1S/C15H11NO3S/c1-19-14-11(15(17)18)6-10(8-16-14)13-7-9-4-2-3-5-12(9)20-13/h2-8H,1H3,(H,17,18). The van der Waals surface area contributed by atoms with E-state index in [0.717, 1.165) is 20.5 Å². The average molecular weight is 285 g/mol. The van der Waals surface area contributed by atoms with Gasteiger partial charge in [0.15, 0.2) is 0 Å². The first kappa shape index (κ1) is 12.6. The van der Waals surface area contributed by atoms with Gasteiger partial charge in [0, 0.05) is 21.3 Å². The van der Waals surface area contributed by atoms with E-state index in [2.05, 4.69) is 4.98 Å². The third-order valence-corrected chi connectivity index (χ3v) is 4.15. The predicted molar refractivity (Wildman–Crippen MR) is 78.6 cm³/mol. The fourth-order valence-corrected chi connectivity index (χ4v) is 3.07. The Morgan fingerprint density at radius 2 is 2.10 bits per heavy atom. The number of carboxylic acids is 1. The molecule has 0 aliphatic rings. The summed E-state index contributed by atoms with van der Waals surface area (Å²) in [6, 6.07) is 11.7. The SMILES string of the molecule is COc1ncc(-c2cc3ccccc3s2)cc1C(=O)O. The summed E-state index contributed by atoms with van der Waals surface area (Å²) in [5.74, 6) is -0.917. The van der Waals surface area contributed by atoms with Crippen LogP contribution in [0.4, 0.5) is 0 Å². The van der Waals surface area contributed by atoms with Crippen LogP contribution < -0.4 is 4.74 Å². The van der Waals surface area contributed by atoms with Crippen LogP contribution in [0.1, 0.15) is 10.4 Å². The van der Waals surface area contributed by atoms with E-state index < -0.39 is 5.97 Å². The van der Waals surface area contributed by atoms with Gasteiger partial charge in [-0.05, 0) is 23.6 Å². The number of ether oxygens (including phenoxy) is 1. The van der Waals surface area contributed by atoms with Crippen LogP contribution in [0.2, 0.25) is 0 Å². The Labute approximate surface area is 119 Å². The van der Waals surface area contributed by atoms with Gasteiger partial charge in [0.25, 0.3) is 0 Å². The molecule has 0 unspecified atom stereocenters. The molecule has 4 nitrogen and oxygen atoms in total. The Morgan fingerprint density at radius 3 is 2.80 bits per heavy atom. The fourth-order valence-electron chi connectivity index (χ4n) is 2.03. The maximum absolute atomic E-state index is 11.2. The smallest absolute Gasteiger partial charge is 0.341 e. The molecule has 20 heavy (non-hydrogen) atoms. The number of nitrogens with zero attached hydrogens (tertiary/aromatic N) is 1. The molecular weight excluding hydrogens is 274 g/mol. The molecule has 0 aliphatic carbocycles. The normalized spacial score (nSPS) is 10.7. The monoisotopic (exact) mass is 285 g/mol. The molecular formula is C15H11NO3S.